The normalized spacial score (nSPS) is 11.9. The lowest BCUT2D eigenvalue weighted by Crippen LogP contribution is -2.36. The Morgan fingerprint density at radius 1 is 1.33 bits per heavy atom. The molecule has 0 radical (unpaired) electrons. The van der Waals surface area contributed by atoms with Crippen molar-refractivity contribution in [2.75, 3.05) is 18.5 Å². The van der Waals surface area contributed by atoms with Crippen molar-refractivity contribution >= 4 is 11.7 Å². The molecule has 0 fully saturated rings. The molecule has 0 heterocycles. The van der Waals surface area contributed by atoms with Gasteiger partial charge < -0.3 is 20.8 Å². The molecule has 1 aromatic rings. The van der Waals surface area contributed by atoms with Crippen molar-refractivity contribution in [1.29, 1.82) is 0 Å². The van der Waals surface area contributed by atoms with Crippen LogP contribution in [-0.4, -0.2) is 35.5 Å². The topological polar surface area (TPSA) is 81.6 Å². The van der Waals surface area contributed by atoms with Gasteiger partial charge in [-0.3, -0.25) is 0 Å². The van der Waals surface area contributed by atoms with Crippen molar-refractivity contribution in [3.05, 3.63) is 30.3 Å². The Kier molecular flexibility index (Phi) is 4.59. The lowest BCUT2D eigenvalue weighted by Gasteiger charge is -2.09. The van der Waals surface area contributed by atoms with Gasteiger partial charge in [0.2, 0.25) is 0 Å². The Hall–Kier alpha value is -1.59. The van der Waals surface area contributed by atoms with E-state index in [1.807, 2.05) is 6.07 Å². The molecule has 0 spiro atoms. The smallest absolute Gasteiger partial charge is 0.319 e. The molecular formula is C10H14N2O3. The van der Waals surface area contributed by atoms with Gasteiger partial charge in [0.25, 0.3) is 0 Å². The second kappa shape index (κ2) is 6.00. The zero-order valence-electron chi connectivity index (χ0n) is 8.18. The van der Waals surface area contributed by atoms with Gasteiger partial charge in [-0.2, -0.15) is 0 Å². The van der Waals surface area contributed by atoms with Gasteiger partial charge in [-0.15, -0.1) is 0 Å². The summed E-state index contributed by atoms with van der Waals surface area (Å²) in [4.78, 5) is 11.2. The molecule has 5 heteroatoms. The molecule has 0 aliphatic carbocycles. The van der Waals surface area contributed by atoms with E-state index in [0.29, 0.717) is 5.69 Å². The quantitative estimate of drug-likeness (QED) is 0.571. The van der Waals surface area contributed by atoms with Gasteiger partial charge in [-0.05, 0) is 12.1 Å². The van der Waals surface area contributed by atoms with Gasteiger partial charge in [-0.1, -0.05) is 18.2 Å². The van der Waals surface area contributed by atoms with E-state index < -0.39 is 12.1 Å². The van der Waals surface area contributed by atoms with Crippen LogP contribution >= 0.6 is 0 Å². The van der Waals surface area contributed by atoms with Crippen molar-refractivity contribution in [2.24, 2.45) is 0 Å². The minimum atomic E-state index is -0.925. The van der Waals surface area contributed by atoms with Crippen LogP contribution in [0, 0.1) is 0 Å². The van der Waals surface area contributed by atoms with Gasteiger partial charge in [0, 0.05) is 12.2 Å². The molecule has 1 atom stereocenters. The number of benzene rings is 1. The summed E-state index contributed by atoms with van der Waals surface area (Å²) in [6.45, 7) is -0.346. The minimum Gasteiger partial charge on any atom is -0.394 e. The summed E-state index contributed by atoms with van der Waals surface area (Å²) in [6.07, 6.45) is -0.925. The first-order valence-corrected chi connectivity index (χ1v) is 4.61. The Morgan fingerprint density at radius 2 is 2.00 bits per heavy atom. The first-order chi connectivity index (χ1) is 7.22. The molecular weight excluding hydrogens is 196 g/mol. The van der Waals surface area contributed by atoms with Crippen molar-refractivity contribution in [2.45, 2.75) is 6.10 Å². The van der Waals surface area contributed by atoms with E-state index in [1.54, 1.807) is 24.3 Å². The first kappa shape index (κ1) is 11.5. The zero-order chi connectivity index (χ0) is 11.1. The van der Waals surface area contributed by atoms with E-state index in [2.05, 4.69) is 10.6 Å². The number of amides is 2. The van der Waals surface area contributed by atoms with Gasteiger partial charge in [-0.25, -0.2) is 4.79 Å². The highest BCUT2D eigenvalue weighted by atomic mass is 16.3. The van der Waals surface area contributed by atoms with E-state index in [-0.39, 0.29) is 13.2 Å². The first-order valence-electron chi connectivity index (χ1n) is 4.61. The third-order valence-corrected chi connectivity index (χ3v) is 1.74. The highest BCUT2D eigenvalue weighted by Gasteiger charge is 2.04. The minimum absolute atomic E-state index is 0.0230. The van der Waals surface area contributed by atoms with Gasteiger partial charge >= 0.3 is 6.03 Å². The maximum atomic E-state index is 11.2. The predicted molar refractivity (Wildman–Crippen MR) is 56.6 cm³/mol. The molecule has 0 aliphatic rings. The summed E-state index contributed by atoms with van der Waals surface area (Å²) >= 11 is 0. The number of urea groups is 1. The Morgan fingerprint density at radius 3 is 2.60 bits per heavy atom. The molecule has 1 rings (SSSR count). The van der Waals surface area contributed by atoms with E-state index in [9.17, 15) is 4.79 Å². The van der Waals surface area contributed by atoms with Crippen LogP contribution in [0.25, 0.3) is 0 Å². The van der Waals surface area contributed by atoms with E-state index in [1.165, 1.54) is 0 Å². The van der Waals surface area contributed by atoms with Crippen molar-refractivity contribution in [3.63, 3.8) is 0 Å². The van der Waals surface area contributed by atoms with Crippen LogP contribution in [-0.2, 0) is 0 Å². The van der Waals surface area contributed by atoms with Crippen LogP contribution in [0.5, 0.6) is 0 Å². The molecule has 2 amide bonds. The average Bonchev–Trinajstić information content (AvgIpc) is 2.27. The highest BCUT2D eigenvalue weighted by molar-refractivity contribution is 5.89. The second-order valence-electron chi connectivity index (χ2n) is 3.04. The molecule has 5 nitrogen and oxygen atoms in total. The number of aliphatic hydroxyl groups excluding tert-OH is 2. The van der Waals surface area contributed by atoms with Crippen LogP contribution in [0.3, 0.4) is 0 Å². The number of rotatable bonds is 4. The van der Waals surface area contributed by atoms with E-state index in [0.717, 1.165) is 0 Å². The van der Waals surface area contributed by atoms with E-state index in [4.69, 9.17) is 10.2 Å². The van der Waals surface area contributed by atoms with Crippen LogP contribution in [0.15, 0.2) is 30.3 Å². The number of hydrogen-bond acceptors (Lipinski definition) is 3. The Balaban J connectivity index is 2.31. The number of anilines is 1. The zero-order valence-corrected chi connectivity index (χ0v) is 8.18. The molecule has 82 valence electrons. The Bertz CT molecular complexity index is 303. The summed E-state index contributed by atoms with van der Waals surface area (Å²) in [6, 6.07) is 8.55. The monoisotopic (exact) mass is 210 g/mol. The number of hydrogen-bond donors (Lipinski definition) is 4. The Labute approximate surface area is 87.7 Å². The van der Waals surface area contributed by atoms with Crippen LogP contribution in [0.2, 0.25) is 0 Å². The molecule has 1 aromatic carbocycles. The number of carbonyl (C=O) groups excluding carboxylic acids is 1. The lowest BCUT2D eigenvalue weighted by atomic mass is 10.3. The highest BCUT2D eigenvalue weighted by Crippen LogP contribution is 2.03. The largest absolute Gasteiger partial charge is 0.394 e. The number of para-hydroxylation sites is 1. The molecule has 0 saturated carbocycles. The van der Waals surface area contributed by atoms with Crippen LogP contribution in [0.1, 0.15) is 0 Å². The summed E-state index contributed by atoms with van der Waals surface area (Å²) in [5.41, 5.74) is 0.675. The fraction of sp³-hybridized carbons (Fsp3) is 0.300. The fourth-order valence-electron chi connectivity index (χ4n) is 0.972. The second-order valence-corrected chi connectivity index (χ2v) is 3.04. The molecule has 0 unspecified atom stereocenters. The summed E-state index contributed by atoms with van der Waals surface area (Å²) in [5.74, 6) is 0. The maximum Gasteiger partial charge on any atom is 0.319 e. The molecule has 4 N–H and O–H groups in total. The van der Waals surface area contributed by atoms with Gasteiger partial charge in [0.05, 0.1) is 12.7 Å². The summed E-state index contributed by atoms with van der Waals surface area (Å²) in [5, 5.41) is 22.5. The standard InChI is InChI=1S/C10H14N2O3/c13-7-9(14)6-11-10(15)12-8-4-2-1-3-5-8/h1-5,9,13-14H,6-7H2,(H2,11,12,15)/t9-/m1/s1. The third kappa shape index (κ3) is 4.44. The van der Waals surface area contributed by atoms with E-state index >= 15 is 0 Å². The van der Waals surface area contributed by atoms with Crippen LogP contribution in [0.4, 0.5) is 10.5 Å². The summed E-state index contributed by atoms with van der Waals surface area (Å²) in [7, 11) is 0. The van der Waals surface area contributed by atoms with Crippen molar-refractivity contribution in [1.82, 2.24) is 5.32 Å². The molecule has 0 bridgehead atoms. The maximum absolute atomic E-state index is 11.2. The van der Waals surface area contributed by atoms with Crippen LogP contribution < -0.4 is 10.6 Å². The average molecular weight is 210 g/mol. The van der Waals surface area contributed by atoms with Crippen molar-refractivity contribution < 1.29 is 15.0 Å². The SMILES string of the molecule is O=C(NC[C@@H](O)CO)Nc1ccccc1. The number of carbonyl (C=O) groups is 1. The van der Waals surface area contributed by atoms with Gasteiger partial charge in [0.15, 0.2) is 0 Å². The van der Waals surface area contributed by atoms with Gasteiger partial charge in [0.1, 0.15) is 0 Å². The predicted octanol–water partition coefficient (Wildman–Crippen LogP) is 0.161. The fourth-order valence-corrected chi connectivity index (χ4v) is 0.972. The number of aliphatic hydroxyl groups is 2. The molecule has 15 heavy (non-hydrogen) atoms. The number of nitrogens with one attached hydrogen (secondary N) is 2. The summed E-state index contributed by atoms with van der Waals surface area (Å²) < 4.78 is 0. The molecule has 0 saturated heterocycles. The molecule has 0 aromatic heterocycles. The molecule has 0 aliphatic heterocycles. The van der Waals surface area contributed by atoms with Crippen molar-refractivity contribution in [3.8, 4) is 0 Å². The third-order valence-electron chi connectivity index (χ3n) is 1.74. The lowest BCUT2D eigenvalue weighted by molar-refractivity contribution is 0.0965.